The highest BCUT2D eigenvalue weighted by atomic mass is 32.2. The summed E-state index contributed by atoms with van der Waals surface area (Å²) in [5.74, 6) is -2.43. The Labute approximate surface area is 122 Å². The number of rotatable bonds is 4. The van der Waals surface area contributed by atoms with Crippen LogP contribution in [0.3, 0.4) is 0 Å². The number of benzene rings is 1. The molecule has 0 bridgehead atoms. The quantitative estimate of drug-likeness (QED) is 0.873. The molecule has 8 heteroatoms. The van der Waals surface area contributed by atoms with E-state index < -0.39 is 27.4 Å². The van der Waals surface area contributed by atoms with Crippen molar-refractivity contribution in [1.82, 2.24) is 4.72 Å². The van der Waals surface area contributed by atoms with Crippen LogP contribution in [-0.4, -0.2) is 38.7 Å². The first-order chi connectivity index (χ1) is 9.81. The summed E-state index contributed by atoms with van der Waals surface area (Å²) in [7, 11) is -3.92. The summed E-state index contributed by atoms with van der Waals surface area (Å²) in [5, 5.41) is 8.93. The summed E-state index contributed by atoms with van der Waals surface area (Å²) in [6.07, 6.45) is 1.39. The molecule has 1 aliphatic rings. The molecule has 2 N–H and O–H groups in total. The van der Waals surface area contributed by atoms with Gasteiger partial charge in [0.1, 0.15) is 5.82 Å². The monoisotopic (exact) mass is 317 g/mol. The van der Waals surface area contributed by atoms with Crippen LogP contribution >= 0.6 is 0 Å². The lowest BCUT2D eigenvalue weighted by Gasteiger charge is -2.23. The van der Waals surface area contributed by atoms with Crippen LogP contribution in [0.4, 0.5) is 4.39 Å². The summed E-state index contributed by atoms with van der Waals surface area (Å²) < 4.78 is 45.8. The second-order valence-electron chi connectivity index (χ2n) is 4.94. The molecule has 0 radical (unpaired) electrons. The van der Waals surface area contributed by atoms with Gasteiger partial charge >= 0.3 is 5.97 Å². The van der Waals surface area contributed by atoms with Crippen molar-refractivity contribution in [3.63, 3.8) is 0 Å². The Kier molecular flexibility index (Phi) is 4.60. The Morgan fingerprint density at radius 1 is 1.48 bits per heavy atom. The molecule has 0 spiro atoms. The Balaban J connectivity index is 2.33. The molecule has 6 nitrogen and oxygen atoms in total. The van der Waals surface area contributed by atoms with Gasteiger partial charge in [-0.05, 0) is 37.5 Å². The van der Waals surface area contributed by atoms with Gasteiger partial charge in [0.15, 0.2) is 0 Å². The van der Waals surface area contributed by atoms with Gasteiger partial charge in [0.05, 0.1) is 17.1 Å². The number of carbonyl (C=O) groups is 1. The molecular formula is C13H16FNO5S. The molecule has 0 aliphatic carbocycles. The van der Waals surface area contributed by atoms with Gasteiger partial charge in [0.2, 0.25) is 10.0 Å². The third-order valence-electron chi connectivity index (χ3n) is 3.25. The van der Waals surface area contributed by atoms with Gasteiger partial charge in [-0.2, -0.15) is 0 Å². The molecule has 0 aromatic heterocycles. The van der Waals surface area contributed by atoms with Gasteiger partial charge in [-0.25, -0.2) is 22.3 Å². The fourth-order valence-electron chi connectivity index (χ4n) is 2.17. The molecule has 1 heterocycles. The van der Waals surface area contributed by atoms with Gasteiger partial charge in [-0.15, -0.1) is 0 Å². The number of carboxylic acids is 1. The second kappa shape index (κ2) is 6.08. The number of hydrogen-bond acceptors (Lipinski definition) is 4. The summed E-state index contributed by atoms with van der Waals surface area (Å²) >= 11 is 0. The van der Waals surface area contributed by atoms with Crippen molar-refractivity contribution in [2.75, 3.05) is 13.2 Å². The Morgan fingerprint density at radius 2 is 2.19 bits per heavy atom. The lowest BCUT2D eigenvalue weighted by Crippen LogP contribution is -2.40. The van der Waals surface area contributed by atoms with Crippen molar-refractivity contribution in [2.45, 2.75) is 30.7 Å². The lowest BCUT2D eigenvalue weighted by molar-refractivity contribution is 0.0691. The van der Waals surface area contributed by atoms with Crippen molar-refractivity contribution < 1.29 is 27.4 Å². The standard InChI is InChI=1S/C13H16FNO5S/c1-8-5-10(6-11(12(8)14)13(16)17)21(18,19)15-9-3-2-4-20-7-9/h5-6,9,15H,2-4,7H2,1H3,(H,16,17). The van der Waals surface area contributed by atoms with Crippen molar-refractivity contribution in [3.8, 4) is 0 Å². The molecule has 1 atom stereocenters. The van der Waals surface area contributed by atoms with Gasteiger partial charge in [-0.3, -0.25) is 0 Å². The van der Waals surface area contributed by atoms with Crippen LogP contribution in [0.25, 0.3) is 0 Å². The van der Waals surface area contributed by atoms with E-state index in [0.29, 0.717) is 13.0 Å². The molecule has 1 aliphatic heterocycles. The number of nitrogens with one attached hydrogen (secondary N) is 1. The number of hydrogen-bond donors (Lipinski definition) is 2. The maximum absolute atomic E-state index is 13.7. The summed E-state index contributed by atoms with van der Waals surface area (Å²) in [5.41, 5.74) is -0.689. The van der Waals surface area contributed by atoms with E-state index >= 15 is 0 Å². The first kappa shape index (κ1) is 15.9. The highest BCUT2D eigenvalue weighted by Gasteiger charge is 2.25. The normalized spacial score (nSPS) is 19.4. The average Bonchev–Trinajstić information content (AvgIpc) is 2.41. The van der Waals surface area contributed by atoms with Crippen LogP contribution in [0.5, 0.6) is 0 Å². The molecule has 116 valence electrons. The van der Waals surface area contributed by atoms with Gasteiger partial charge in [0, 0.05) is 12.6 Å². The minimum Gasteiger partial charge on any atom is -0.478 e. The van der Waals surface area contributed by atoms with Crippen molar-refractivity contribution >= 4 is 16.0 Å². The number of aryl methyl sites for hydroxylation is 1. The Hall–Kier alpha value is -1.51. The van der Waals surface area contributed by atoms with Crippen molar-refractivity contribution in [1.29, 1.82) is 0 Å². The summed E-state index contributed by atoms with van der Waals surface area (Å²) in [6, 6.07) is 1.59. The highest BCUT2D eigenvalue weighted by molar-refractivity contribution is 7.89. The van der Waals surface area contributed by atoms with Crippen LogP contribution < -0.4 is 4.72 Å². The van der Waals surface area contributed by atoms with E-state index in [0.717, 1.165) is 18.6 Å². The Morgan fingerprint density at radius 3 is 2.76 bits per heavy atom. The van der Waals surface area contributed by atoms with Crippen molar-refractivity contribution in [3.05, 3.63) is 29.1 Å². The molecule has 0 saturated carbocycles. The van der Waals surface area contributed by atoms with E-state index in [2.05, 4.69) is 4.72 Å². The number of ether oxygens (including phenoxy) is 1. The smallest absolute Gasteiger partial charge is 0.338 e. The molecule has 1 fully saturated rings. The summed E-state index contributed by atoms with van der Waals surface area (Å²) in [6.45, 7) is 2.19. The van der Waals surface area contributed by atoms with E-state index in [1.54, 1.807) is 0 Å². The van der Waals surface area contributed by atoms with Crippen LogP contribution in [-0.2, 0) is 14.8 Å². The molecule has 1 saturated heterocycles. The molecule has 1 unspecified atom stereocenters. The van der Waals surface area contributed by atoms with Crippen LogP contribution in [0, 0.1) is 12.7 Å². The average molecular weight is 317 g/mol. The number of halogens is 1. The number of sulfonamides is 1. The molecule has 21 heavy (non-hydrogen) atoms. The molecule has 1 aromatic carbocycles. The van der Waals surface area contributed by atoms with Gasteiger partial charge < -0.3 is 9.84 Å². The zero-order valence-corrected chi connectivity index (χ0v) is 12.2. The number of aromatic carboxylic acids is 1. The predicted molar refractivity (Wildman–Crippen MR) is 72.3 cm³/mol. The van der Waals surface area contributed by atoms with Crippen molar-refractivity contribution in [2.24, 2.45) is 0 Å². The van der Waals surface area contributed by atoms with Crippen LogP contribution in [0.1, 0.15) is 28.8 Å². The maximum atomic E-state index is 13.7. The first-order valence-electron chi connectivity index (χ1n) is 6.45. The maximum Gasteiger partial charge on any atom is 0.338 e. The van der Waals surface area contributed by atoms with Crippen LogP contribution in [0.2, 0.25) is 0 Å². The Bertz CT molecular complexity index is 653. The minimum atomic E-state index is -3.92. The molecular weight excluding hydrogens is 301 g/mol. The van der Waals surface area contributed by atoms with Crippen LogP contribution in [0.15, 0.2) is 17.0 Å². The third-order valence-corrected chi connectivity index (χ3v) is 4.75. The van der Waals surface area contributed by atoms with E-state index in [4.69, 9.17) is 9.84 Å². The highest BCUT2D eigenvalue weighted by Crippen LogP contribution is 2.20. The lowest BCUT2D eigenvalue weighted by atomic mass is 10.1. The largest absolute Gasteiger partial charge is 0.478 e. The molecule has 1 aromatic rings. The molecule has 0 amide bonds. The van der Waals surface area contributed by atoms with E-state index in [1.165, 1.54) is 6.92 Å². The number of carboxylic acid groups (broad SMARTS) is 1. The van der Waals surface area contributed by atoms with Gasteiger partial charge in [0.25, 0.3) is 0 Å². The second-order valence-corrected chi connectivity index (χ2v) is 6.66. The zero-order valence-electron chi connectivity index (χ0n) is 11.4. The first-order valence-corrected chi connectivity index (χ1v) is 7.93. The van der Waals surface area contributed by atoms with E-state index in [9.17, 15) is 17.6 Å². The zero-order chi connectivity index (χ0) is 15.6. The predicted octanol–water partition coefficient (Wildman–Crippen LogP) is 1.29. The fraction of sp³-hybridized carbons (Fsp3) is 0.462. The minimum absolute atomic E-state index is 0.0323. The topological polar surface area (TPSA) is 92.7 Å². The third kappa shape index (κ3) is 3.58. The summed E-state index contributed by atoms with van der Waals surface area (Å²) in [4.78, 5) is 10.7. The fourth-order valence-corrected chi connectivity index (χ4v) is 3.53. The SMILES string of the molecule is Cc1cc(S(=O)(=O)NC2CCCOC2)cc(C(=O)O)c1F. The molecule has 2 rings (SSSR count). The van der Waals surface area contributed by atoms with E-state index in [1.807, 2.05) is 0 Å². The van der Waals surface area contributed by atoms with E-state index in [-0.39, 0.29) is 23.1 Å². The van der Waals surface area contributed by atoms with Gasteiger partial charge in [-0.1, -0.05) is 0 Å².